The van der Waals surface area contributed by atoms with Gasteiger partial charge in [0.05, 0.1) is 6.33 Å². The van der Waals surface area contributed by atoms with Gasteiger partial charge in [-0.3, -0.25) is 4.79 Å². The van der Waals surface area contributed by atoms with Crippen LogP contribution in [0.2, 0.25) is 10.0 Å². The molecular formula is C25H17Cl2N5O2. The monoisotopic (exact) mass is 489 g/mol. The maximum Gasteiger partial charge on any atom is 0.278 e. The number of halogens is 2. The first-order chi connectivity index (χ1) is 16.5. The van der Waals surface area contributed by atoms with Crippen molar-refractivity contribution in [3.63, 3.8) is 0 Å². The van der Waals surface area contributed by atoms with Crippen LogP contribution in [0.4, 0.5) is 5.69 Å². The van der Waals surface area contributed by atoms with E-state index in [1.807, 2.05) is 47.2 Å². The first-order valence-corrected chi connectivity index (χ1v) is 11.1. The van der Waals surface area contributed by atoms with E-state index >= 15 is 0 Å². The Kier molecular flexibility index (Phi) is 6.12. The molecule has 1 amide bonds. The third-order valence-electron chi connectivity index (χ3n) is 5.06. The highest BCUT2D eigenvalue weighted by Crippen LogP contribution is 2.23. The van der Waals surface area contributed by atoms with E-state index in [9.17, 15) is 4.79 Å². The highest BCUT2D eigenvalue weighted by Gasteiger charge is 2.13. The second-order valence-corrected chi connectivity index (χ2v) is 8.39. The lowest BCUT2D eigenvalue weighted by Gasteiger charge is -2.07. The van der Waals surface area contributed by atoms with Crippen LogP contribution in [0.5, 0.6) is 0 Å². The normalized spacial score (nSPS) is 10.9. The summed E-state index contributed by atoms with van der Waals surface area (Å²) < 4.78 is 7.30. The Morgan fingerprint density at radius 2 is 1.59 bits per heavy atom. The van der Waals surface area contributed by atoms with E-state index in [2.05, 4.69) is 20.4 Å². The average molecular weight is 490 g/mol. The summed E-state index contributed by atoms with van der Waals surface area (Å²) in [5, 5.41) is 8.13. The van der Waals surface area contributed by atoms with Gasteiger partial charge in [-0.15, -0.1) is 0 Å². The van der Waals surface area contributed by atoms with Crippen molar-refractivity contribution in [2.45, 2.75) is 6.54 Å². The quantitative estimate of drug-likeness (QED) is 0.306. The number of carbonyl (C=O) groups is 1. The van der Waals surface area contributed by atoms with Crippen molar-refractivity contribution < 1.29 is 9.32 Å². The molecule has 0 unspecified atom stereocenters. The Morgan fingerprint density at radius 3 is 2.29 bits per heavy atom. The topological polar surface area (TPSA) is 85.8 Å². The molecule has 0 bridgehead atoms. The minimum atomic E-state index is -0.193. The number of aromatic nitrogens is 4. The van der Waals surface area contributed by atoms with Crippen molar-refractivity contribution in [1.29, 1.82) is 0 Å². The molecule has 0 saturated heterocycles. The summed E-state index contributed by atoms with van der Waals surface area (Å²) in [5.74, 6) is 0.614. The first kappa shape index (κ1) is 21.9. The molecule has 0 aliphatic heterocycles. The molecule has 0 atom stereocenters. The minimum absolute atomic E-state index is 0.193. The minimum Gasteiger partial charge on any atom is -0.332 e. The SMILES string of the molecule is O=C(Nc1ccc(Cn2cnc(-c3nc(-c4ccc(Cl)cc4)no3)c2)cc1)c1ccc(Cl)cc1. The standard InChI is InChI=1S/C25H17Cl2N5O2/c26-19-7-3-17(4-8-19)23-30-25(34-31-23)22-14-32(15-28-22)13-16-1-11-21(12-2-16)29-24(33)18-5-9-20(27)10-6-18/h1-12,14-15H,13H2,(H,29,33). The summed E-state index contributed by atoms with van der Waals surface area (Å²) in [5.41, 5.74) is 3.68. The van der Waals surface area contributed by atoms with Gasteiger partial charge in [-0.2, -0.15) is 4.98 Å². The Labute approximate surface area is 205 Å². The molecule has 0 aliphatic rings. The van der Waals surface area contributed by atoms with E-state index in [-0.39, 0.29) is 5.91 Å². The summed E-state index contributed by atoms with van der Waals surface area (Å²) in [6, 6.07) is 21.6. The van der Waals surface area contributed by atoms with Crippen molar-refractivity contribution >= 4 is 34.8 Å². The molecule has 0 aliphatic carbocycles. The van der Waals surface area contributed by atoms with Crippen LogP contribution in [-0.4, -0.2) is 25.6 Å². The molecule has 34 heavy (non-hydrogen) atoms. The summed E-state index contributed by atoms with van der Waals surface area (Å²) >= 11 is 11.8. The van der Waals surface area contributed by atoms with Crippen molar-refractivity contribution in [2.24, 2.45) is 0 Å². The number of benzene rings is 3. The van der Waals surface area contributed by atoms with Gasteiger partial charge >= 0.3 is 0 Å². The molecule has 0 fully saturated rings. The number of nitrogens with zero attached hydrogens (tertiary/aromatic N) is 4. The Hall–Kier alpha value is -3.94. The maximum absolute atomic E-state index is 12.4. The number of rotatable bonds is 6. The fraction of sp³-hybridized carbons (Fsp3) is 0.0400. The zero-order valence-electron chi connectivity index (χ0n) is 17.7. The smallest absolute Gasteiger partial charge is 0.278 e. The van der Waals surface area contributed by atoms with E-state index in [1.54, 1.807) is 42.7 Å². The zero-order chi connectivity index (χ0) is 23.5. The van der Waals surface area contributed by atoms with Gasteiger partial charge in [-0.25, -0.2) is 4.98 Å². The molecule has 5 rings (SSSR count). The molecule has 1 N–H and O–H groups in total. The maximum atomic E-state index is 12.4. The van der Waals surface area contributed by atoms with Gasteiger partial charge in [-0.05, 0) is 66.2 Å². The van der Waals surface area contributed by atoms with Gasteiger partial charge in [0.15, 0.2) is 0 Å². The molecule has 3 aromatic carbocycles. The number of amides is 1. The van der Waals surface area contributed by atoms with Crippen molar-refractivity contribution in [1.82, 2.24) is 19.7 Å². The number of hydrogen-bond donors (Lipinski definition) is 1. The van der Waals surface area contributed by atoms with Crippen molar-refractivity contribution in [3.05, 3.63) is 106 Å². The van der Waals surface area contributed by atoms with Gasteiger partial charge in [0.2, 0.25) is 5.82 Å². The highest BCUT2D eigenvalue weighted by atomic mass is 35.5. The molecule has 5 aromatic rings. The molecule has 7 nitrogen and oxygen atoms in total. The molecule has 9 heteroatoms. The summed E-state index contributed by atoms with van der Waals surface area (Å²) in [6.07, 6.45) is 3.55. The molecule has 2 heterocycles. The van der Waals surface area contributed by atoms with Crippen LogP contribution in [0.15, 0.2) is 89.8 Å². The second kappa shape index (κ2) is 9.51. The van der Waals surface area contributed by atoms with Crippen molar-refractivity contribution in [2.75, 3.05) is 5.32 Å². The number of carbonyl (C=O) groups excluding carboxylic acids is 1. The van der Waals surface area contributed by atoms with Crippen LogP contribution in [0.1, 0.15) is 15.9 Å². The van der Waals surface area contributed by atoms with E-state index < -0.39 is 0 Å². The Bertz CT molecular complexity index is 1430. The summed E-state index contributed by atoms with van der Waals surface area (Å²) in [4.78, 5) is 21.2. The second-order valence-electron chi connectivity index (χ2n) is 7.52. The molecule has 0 saturated carbocycles. The lowest BCUT2D eigenvalue weighted by atomic mass is 10.2. The summed E-state index contributed by atoms with van der Waals surface area (Å²) in [7, 11) is 0. The van der Waals surface area contributed by atoms with Crippen LogP contribution in [0.25, 0.3) is 23.0 Å². The predicted molar refractivity (Wildman–Crippen MR) is 131 cm³/mol. The van der Waals surface area contributed by atoms with Gasteiger partial charge < -0.3 is 14.4 Å². The van der Waals surface area contributed by atoms with E-state index in [0.717, 1.165) is 11.1 Å². The third kappa shape index (κ3) is 5.01. The van der Waals surface area contributed by atoms with Crippen LogP contribution in [-0.2, 0) is 6.54 Å². The molecular weight excluding hydrogens is 473 g/mol. The lowest BCUT2D eigenvalue weighted by molar-refractivity contribution is 0.102. The fourth-order valence-electron chi connectivity index (χ4n) is 3.31. The van der Waals surface area contributed by atoms with Crippen LogP contribution in [0.3, 0.4) is 0 Å². The number of nitrogens with one attached hydrogen (secondary N) is 1. The molecule has 0 radical (unpaired) electrons. The molecule has 168 valence electrons. The average Bonchev–Trinajstić information content (AvgIpc) is 3.51. The van der Waals surface area contributed by atoms with Crippen LogP contribution in [0, 0.1) is 0 Å². The van der Waals surface area contributed by atoms with E-state index in [0.29, 0.717) is 45.2 Å². The van der Waals surface area contributed by atoms with E-state index in [4.69, 9.17) is 27.7 Å². The summed E-state index contributed by atoms with van der Waals surface area (Å²) in [6.45, 7) is 0.594. The Morgan fingerprint density at radius 1 is 0.912 bits per heavy atom. The largest absolute Gasteiger partial charge is 0.332 e. The first-order valence-electron chi connectivity index (χ1n) is 10.3. The highest BCUT2D eigenvalue weighted by molar-refractivity contribution is 6.31. The lowest BCUT2D eigenvalue weighted by Crippen LogP contribution is -2.11. The van der Waals surface area contributed by atoms with Crippen LogP contribution >= 0.6 is 23.2 Å². The number of hydrogen-bond acceptors (Lipinski definition) is 5. The third-order valence-corrected chi connectivity index (χ3v) is 5.57. The number of anilines is 1. The van der Waals surface area contributed by atoms with Gasteiger partial charge in [0.25, 0.3) is 11.8 Å². The fourth-order valence-corrected chi connectivity index (χ4v) is 3.56. The number of imidazole rings is 1. The molecule has 2 aromatic heterocycles. The van der Waals surface area contributed by atoms with Gasteiger partial charge in [0, 0.05) is 39.6 Å². The van der Waals surface area contributed by atoms with Gasteiger partial charge in [-0.1, -0.05) is 40.5 Å². The van der Waals surface area contributed by atoms with Crippen LogP contribution < -0.4 is 5.32 Å². The van der Waals surface area contributed by atoms with Gasteiger partial charge in [0.1, 0.15) is 5.69 Å². The van der Waals surface area contributed by atoms with E-state index in [1.165, 1.54) is 0 Å². The predicted octanol–water partition coefficient (Wildman–Crippen LogP) is 6.21. The molecule has 0 spiro atoms. The Balaban J connectivity index is 1.23. The zero-order valence-corrected chi connectivity index (χ0v) is 19.2. The van der Waals surface area contributed by atoms with Crippen molar-refractivity contribution in [3.8, 4) is 23.0 Å².